The van der Waals surface area contributed by atoms with Gasteiger partial charge in [-0.2, -0.15) is 0 Å². The number of allylic oxidation sites excluding steroid dienone is 1. The molecule has 0 bridgehead atoms. The number of methoxy groups -OCH3 is 1. The van der Waals surface area contributed by atoms with Crippen molar-refractivity contribution in [3.63, 3.8) is 0 Å². The summed E-state index contributed by atoms with van der Waals surface area (Å²) in [6.07, 6.45) is 9.53. The number of ether oxygens (including phenoxy) is 1. The molecule has 1 atom stereocenters. The summed E-state index contributed by atoms with van der Waals surface area (Å²) in [5, 5.41) is 11.8. The summed E-state index contributed by atoms with van der Waals surface area (Å²) in [4.78, 5) is 0. The quantitative estimate of drug-likeness (QED) is 0.383. The molecule has 2 rings (SSSR count). The Morgan fingerprint density at radius 3 is 1.88 bits per heavy atom. The van der Waals surface area contributed by atoms with Gasteiger partial charge in [0.2, 0.25) is 0 Å². The molecule has 0 heterocycles. The molecule has 1 N–H and O–H groups in total. The average Bonchev–Trinajstić information content (AvgIpc) is 2.71. The summed E-state index contributed by atoms with van der Waals surface area (Å²) < 4.78 is 5.81. The Bertz CT molecular complexity index is 582. The zero-order chi connectivity index (χ0) is 18.7. The highest BCUT2D eigenvalue weighted by Crippen LogP contribution is 2.36. The third-order valence-corrected chi connectivity index (χ3v) is 5.05. The summed E-state index contributed by atoms with van der Waals surface area (Å²) in [6.45, 7) is 3.77. The molecule has 0 saturated carbocycles. The van der Waals surface area contributed by atoms with E-state index in [1.54, 1.807) is 7.11 Å². The van der Waals surface area contributed by atoms with Crippen LogP contribution in [0.2, 0.25) is 0 Å². The summed E-state index contributed by atoms with van der Waals surface area (Å²) in [7, 11) is 1.70. The third-order valence-electron chi connectivity index (χ3n) is 5.05. The summed E-state index contributed by atoms with van der Waals surface area (Å²) in [5.74, 6) is 0. The Balaban J connectivity index is 2.09. The van der Waals surface area contributed by atoms with E-state index in [0.717, 1.165) is 36.8 Å². The van der Waals surface area contributed by atoms with E-state index in [1.165, 1.54) is 19.3 Å². The smallest absolute Gasteiger partial charge is 0.141 e. The maximum absolute atomic E-state index is 11.8. The van der Waals surface area contributed by atoms with Crippen molar-refractivity contribution in [1.82, 2.24) is 0 Å². The first-order valence-corrected chi connectivity index (χ1v) is 9.70. The van der Waals surface area contributed by atoms with Gasteiger partial charge in [-0.15, -0.1) is 6.58 Å². The van der Waals surface area contributed by atoms with Crippen LogP contribution >= 0.6 is 0 Å². The molecule has 0 aliphatic heterocycles. The van der Waals surface area contributed by atoms with E-state index in [4.69, 9.17) is 4.74 Å². The first kappa shape index (κ1) is 20.4. The van der Waals surface area contributed by atoms with Crippen LogP contribution in [0.5, 0.6) is 0 Å². The first-order valence-electron chi connectivity index (χ1n) is 9.70. The van der Waals surface area contributed by atoms with Crippen LogP contribution in [0.25, 0.3) is 0 Å². The van der Waals surface area contributed by atoms with Gasteiger partial charge in [0, 0.05) is 7.11 Å². The molecular weight excluding hydrogens is 320 g/mol. The number of hydrogen-bond acceptors (Lipinski definition) is 2. The Kier molecular flexibility index (Phi) is 8.60. The van der Waals surface area contributed by atoms with Crippen molar-refractivity contribution >= 4 is 0 Å². The number of benzene rings is 2. The van der Waals surface area contributed by atoms with E-state index in [1.807, 2.05) is 66.7 Å². The van der Waals surface area contributed by atoms with Gasteiger partial charge in [-0.3, -0.25) is 0 Å². The molecule has 0 radical (unpaired) electrons. The van der Waals surface area contributed by atoms with Crippen LogP contribution in [0.4, 0.5) is 0 Å². The Morgan fingerprint density at radius 2 is 1.38 bits per heavy atom. The minimum Gasteiger partial charge on any atom is -0.378 e. The minimum atomic E-state index is -1.14. The van der Waals surface area contributed by atoms with E-state index < -0.39 is 5.60 Å². The van der Waals surface area contributed by atoms with Crippen molar-refractivity contribution in [2.75, 3.05) is 7.11 Å². The van der Waals surface area contributed by atoms with Crippen molar-refractivity contribution in [3.05, 3.63) is 84.4 Å². The largest absolute Gasteiger partial charge is 0.378 e. The van der Waals surface area contributed by atoms with Gasteiger partial charge in [0.1, 0.15) is 5.60 Å². The third kappa shape index (κ3) is 5.30. The topological polar surface area (TPSA) is 29.5 Å². The maximum atomic E-state index is 11.8. The second-order valence-electron chi connectivity index (χ2n) is 6.86. The number of rotatable bonds is 12. The van der Waals surface area contributed by atoms with Crippen LogP contribution in [-0.2, 0) is 10.3 Å². The van der Waals surface area contributed by atoms with Crippen molar-refractivity contribution in [3.8, 4) is 0 Å². The Labute approximate surface area is 158 Å². The second-order valence-corrected chi connectivity index (χ2v) is 6.86. The molecule has 0 aliphatic carbocycles. The van der Waals surface area contributed by atoms with E-state index in [-0.39, 0.29) is 6.10 Å². The van der Waals surface area contributed by atoms with Gasteiger partial charge in [0.25, 0.3) is 0 Å². The molecule has 0 saturated heterocycles. The number of aliphatic hydroxyl groups is 1. The molecule has 2 aromatic rings. The van der Waals surface area contributed by atoms with Crippen LogP contribution in [0, 0.1) is 0 Å². The highest BCUT2D eigenvalue weighted by molar-refractivity contribution is 5.37. The van der Waals surface area contributed by atoms with Gasteiger partial charge in [-0.1, -0.05) is 92.4 Å². The fraction of sp³-hybridized carbons (Fsp3) is 0.417. The Morgan fingerprint density at radius 1 is 0.885 bits per heavy atom. The molecule has 0 aromatic heterocycles. The van der Waals surface area contributed by atoms with Crippen molar-refractivity contribution in [1.29, 1.82) is 0 Å². The summed E-state index contributed by atoms with van der Waals surface area (Å²) in [6, 6.07) is 19.7. The molecule has 1 unspecified atom stereocenters. The zero-order valence-corrected chi connectivity index (χ0v) is 15.9. The van der Waals surface area contributed by atoms with Crippen molar-refractivity contribution in [2.45, 2.75) is 56.7 Å². The standard InChI is InChI=1S/C24H32O2/c1-3-4-5-6-7-8-15-20-23(26-2)24(25,21-16-11-9-12-17-21)22-18-13-10-14-19-22/h3,9-14,16-19,23,25H,1,4-8,15,20H2,2H3. The fourth-order valence-electron chi connectivity index (χ4n) is 3.57. The van der Waals surface area contributed by atoms with Crippen LogP contribution in [-0.4, -0.2) is 18.3 Å². The van der Waals surface area contributed by atoms with Gasteiger partial charge in [0.05, 0.1) is 6.10 Å². The molecule has 2 heteroatoms. The molecule has 2 aromatic carbocycles. The molecule has 0 aliphatic rings. The van der Waals surface area contributed by atoms with Gasteiger partial charge < -0.3 is 9.84 Å². The SMILES string of the molecule is C=CCCCCCCCC(OC)C(O)(c1ccccc1)c1ccccc1. The first-order chi connectivity index (χ1) is 12.7. The monoisotopic (exact) mass is 352 g/mol. The summed E-state index contributed by atoms with van der Waals surface area (Å²) >= 11 is 0. The van der Waals surface area contributed by atoms with E-state index >= 15 is 0 Å². The average molecular weight is 353 g/mol. The Hall–Kier alpha value is -1.90. The minimum absolute atomic E-state index is 0.277. The van der Waals surface area contributed by atoms with Gasteiger partial charge in [0.15, 0.2) is 0 Å². The maximum Gasteiger partial charge on any atom is 0.141 e. The second kappa shape index (κ2) is 10.9. The molecule has 0 fully saturated rings. The fourth-order valence-corrected chi connectivity index (χ4v) is 3.57. The lowest BCUT2D eigenvalue weighted by Crippen LogP contribution is -2.42. The van der Waals surface area contributed by atoms with Gasteiger partial charge in [-0.05, 0) is 30.4 Å². The predicted molar refractivity (Wildman–Crippen MR) is 109 cm³/mol. The number of hydrogen-bond donors (Lipinski definition) is 1. The molecule has 140 valence electrons. The highest BCUT2D eigenvalue weighted by Gasteiger charge is 2.40. The van der Waals surface area contributed by atoms with Gasteiger partial charge >= 0.3 is 0 Å². The predicted octanol–water partition coefficient (Wildman–Crippen LogP) is 5.85. The van der Waals surface area contributed by atoms with E-state index in [2.05, 4.69) is 6.58 Å². The van der Waals surface area contributed by atoms with Crippen LogP contribution in [0.15, 0.2) is 73.3 Å². The van der Waals surface area contributed by atoms with Crippen molar-refractivity contribution < 1.29 is 9.84 Å². The van der Waals surface area contributed by atoms with E-state index in [9.17, 15) is 5.11 Å². The lowest BCUT2D eigenvalue weighted by Gasteiger charge is -2.36. The highest BCUT2D eigenvalue weighted by atomic mass is 16.5. The van der Waals surface area contributed by atoms with Crippen LogP contribution in [0.3, 0.4) is 0 Å². The normalized spacial score (nSPS) is 12.7. The van der Waals surface area contributed by atoms with Crippen LogP contribution < -0.4 is 0 Å². The zero-order valence-electron chi connectivity index (χ0n) is 15.9. The molecule has 0 spiro atoms. The van der Waals surface area contributed by atoms with E-state index in [0.29, 0.717) is 0 Å². The lowest BCUT2D eigenvalue weighted by molar-refractivity contribution is -0.0761. The van der Waals surface area contributed by atoms with Crippen LogP contribution in [0.1, 0.15) is 56.1 Å². The molecule has 2 nitrogen and oxygen atoms in total. The lowest BCUT2D eigenvalue weighted by atomic mass is 9.79. The summed E-state index contributed by atoms with van der Waals surface area (Å²) in [5.41, 5.74) is 0.619. The van der Waals surface area contributed by atoms with Gasteiger partial charge in [-0.25, -0.2) is 0 Å². The van der Waals surface area contributed by atoms with Crippen molar-refractivity contribution in [2.24, 2.45) is 0 Å². The molecular formula is C24H32O2. The molecule has 26 heavy (non-hydrogen) atoms. The molecule has 0 amide bonds. The number of unbranched alkanes of at least 4 members (excludes halogenated alkanes) is 5.